The number of aryl methyl sites for hydroxylation is 1. The highest BCUT2D eigenvalue weighted by atomic mass is 127. The van der Waals surface area contributed by atoms with Crippen molar-refractivity contribution in [2.75, 3.05) is 0 Å². The van der Waals surface area contributed by atoms with Gasteiger partial charge in [-0.15, -0.1) is 0 Å². The lowest BCUT2D eigenvalue weighted by Gasteiger charge is -2.25. The number of para-hydroxylation sites is 1. The number of halogens is 1. The van der Waals surface area contributed by atoms with E-state index in [9.17, 15) is 0 Å². The summed E-state index contributed by atoms with van der Waals surface area (Å²) in [6.45, 7) is 2.19. The molecule has 0 unspecified atom stereocenters. The fourth-order valence-electron chi connectivity index (χ4n) is 1.71. The van der Waals surface area contributed by atoms with Gasteiger partial charge in [0.1, 0.15) is 5.75 Å². The van der Waals surface area contributed by atoms with Crippen molar-refractivity contribution in [1.29, 1.82) is 0 Å². The number of fused-ring (bicyclic) bond motifs is 1. The first-order valence-corrected chi connectivity index (χ1v) is 5.83. The smallest absolute Gasteiger partial charge is 0.136 e. The quantitative estimate of drug-likeness (QED) is 0.720. The molecule has 2 heteroatoms. The van der Waals surface area contributed by atoms with E-state index in [1.165, 1.54) is 22.0 Å². The van der Waals surface area contributed by atoms with E-state index in [0.717, 1.165) is 12.2 Å². The van der Waals surface area contributed by atoms with E-state index >= 15 is 0 Å². The second kappa shape index (κ2) is 3.86. The average Bonchev–Trinajstić information content (AvgIpc) is 2.18. The highest BCUT2D eigenvalue weighted by molar-refractivity contribution is 14.1. The Kier molecular flexibility index (Phi) is 2.77. The van der Waals surface area contributed by atoms with E-state index in [-0.39, 0.29) is 0 Å². The minimum absolute atomic E-state index is 0.434. The van der Waals surface area contributed by atoms with E-state index in [1.807, 2.05) is 0 Å². The Morgan fingerprint density at radius 2 is 2.38 bits per heavy atom. The molecule has 0 saturated heterocycles. The van der Waals surface area contributed by atoms with Gasteiger partial charge in [0.25, 0.3) is 0 Å². The molecule has 1 nitrogen and oxygen atoms in total. The molecule has 13 heavy (non-hydrogen) atoms. The molecule has 0 aliphatic carbocycles. The molecule has 1 heterocycles. The van der Waals surface area contributed by atoms with Gasteiger partial charge in [-0.05, 0) is 53.5 Å². The van der Waals surface area contributed by atoms with Crippen LogP contribution in [0.15, 0.2) is 18.2 Å². The Morgan fingerprint density at radius 3 is 3.15 bits per heavy atom. The Hall–Kier alpha value is -0.250. The van der Waals surface area contributed by atoms with Crippen molar-refractivity contribution in [2.24, 2.45) is 0 Å². The van der Waals surface area contributed by atoms with Crippen molar-refractivity contribution in [1.82, 2.24) is 0 Å². The summed E-state index contributed by atoms with van der Waals surface area (Å²) >= 11 is 2.34. The zero-order valence-corrected chi connectivity index (χ0v) is 9.87. The number of benzene rings is 1. The molecule has 1 aliphatic heterocycles. The standard InChI is InChI=1S/C11H13IO/c1-2-9-7-6-8-4-3-5-10(12)11(8)13-9/h3-5,9H,2,6-7H2,1H3/t9-/m0/s1. The van der Waals surface area contributed by atoms with E-state index < -0.39 is 0 Å². The largest absolute Gasteiger partial charge is 0.489 e. The van der Waals surface area contributed by atoms with Gasteiger partial charge < -0.3 is 4.74 Å². The van der Waals surface area contributed by atoms with Crippen LogP contribution in [0.4, 0.5) is 0 Å². The van der Waals surface area contributed by atoms with Crippen LogP contribution in [-0.2, 0) is 6.42 Å². The number of ether oxygens (including phenoxy) is 1. The number of hydrogen-bond donors (Lipinski definition) is 0. The van der Waals surface area contributed by atoms with Crippen molar-refractivity contribution < 1.29 is 4.74 Å². The van der Waals surface area contributed by atoms with Crippen LogP contribution in [0.2, 0.25) is 0 Å². The first kappa shape index (κ1) is 9.31. The van der Waals surface area contributed by atoms with Crippen LogP contribution in [0, 0.1) is 3.57 Å². The SMILES string of the molecule is CC[C@H]1CCc2cccc(I)c2O1. The molecule has 70 valence electrons. The molecule has 1 atom stereocenters. The molecule has 0 amide bonds. The van der Waals surface area contributed by atoms with Crippen molar-refractivity contribution in [3.63, 3.8) is 0 Å². The van der Waals surface area contributed by atoms with Crippen molar-refractivity contribution in [3.8, 4) is 5.75 Å². The fraction of sp³-hybridized carbons (Fsp3) is 0.455. The topological polar surface area (TPSA) is 9.23 Å². The van der Waals surface area contributed by atoms with Crippen LogP contribution in [0.5, 0.6) is 5.75 Å². The zero-order chi connectivity index (χ0) is 9.26. The maximum absolute atomic E-state index is 5.90. The monoisotopic (exact) mass is 288 g/mol. The maximum atomic E-state index is 5.90. The molecule has 0 aromatic heterocycles. The molecule has 0 bridgehead atoms. The second-order valence-corrected chi connectivity index (χ2v) is 4.58. The lowest BCUT2D eigenvalue weighted by atomic mass is 10.0. The van der Waals surface area contributed by atoms with Gasteiger partial charge in [0.2, 0.25) is 0 Å². The third-order valence-electron chi connectivity index (χ3n) is 2.52. The summed E-state index contributed by atoms with van der Waals surface area (Å²) in [7, 11) is 0. The Bertz CT molecular complexity index is 309. The van der Waals surface area contributed by atoms with Gasteiger partial charge in [-0.25, -0.2) is 0 Å². The Morgan fingerprint density at radius 1 is 1.54 bits per heavy atom. The molecule has 1 aromatic carbocycles. The molecule has 0 fully saturated rings. The summed E-state index contributed by atoms with van der Waals surface area (Å²) in [5, 5.41) is 0. The molecular weight excluding hydrogens is 275 g/mol. The first-order chi connectivity index (χ1) is 6.31. The average molecular weight is 288 g/mol. The fourth-order valence-corrected chi connectivity index (χ4v) is 2.39. The highest BCUT2D eigenvalue weighted by Crippen LogP contribution is 2.32. The molecular formula is C11H13IO. The molecule has 0 spiro atoms. The molecule has 1 aliphatic rings. The van der Waals surface area contributed by atoms with Gasteiger partial charge in [-0.3, -0.25) is 0 Å². The normalized spacial score (nSPS) is 20.6. The number of hydrogen-bond acceptors (Lipinski definition) is 1. The van der Waals surface area contributed by atoms with Crippen molar-refractivity contribution in [2.45, 2.75) is 32.3 Å². The summed E-state index contributed by atoms with van der Waals surface area (Å²) in [6.07, 6.45) is 3.89. The predicted octanol–water partition coefficient (Wildman–Crippen LogP) is 3.39. The Balaban J connectivity index is 2.32. The van der Waals surface area contributed by atoms with E-state index in [4.69, 9.17) is 4.74 Å². The molecule has 0 N–H and O–H groups in total. The summed E-state index contributed by atoms with van der Waals surface area (Å²) < 4.78 is 7.15. The van der Waals surface area contributed by atoms with Crippen molar-refractivity contribution in [3.05, 3.63) is 27.3 Å². The van der Waals surface area contributed by atoms with Gasteiger partial charge >= 0.3 is 0 Å². The van der Waals surface area contributed by atoms with Crippen LogP contribution >= 0.6 is 22.6 Å². The third-order valence-corrected chi connectivity index (χ3v) is 3.37. The van der Waals surface area contributed by atoms with Gasteiger partial charge in [-0.1, -0.05) is 19.1 Å². The van der Waals surface area contributed by atoms with E-state index in [0.29, 0.717) is 6.10 Å². The maximum Gasteiger partial charge on any atom is 0.136 e. The lowest BCUT2D eigenvalue weighted by Crippen LogP contribution is -2.22. The Labute approximate surface area is 92.6 Å². The minimum atomic E-state index is 0.434. The van der Waals surface area contributed by atoms with Crippen LogP contribution in [0.25, 0.3) is 0 Å². The molecule has 1 aromatic rings. The van der Waals surface area contributed by atoms with Crippen LogP contribution in [-0.4, -0.2) is 6.10 Å². The van der Waals surface area contributed by atoms with Gasteiger partial charge in [0.05, 0.1) is 9.67 Å². The van der Waals surface area contributed by atoms with Crippen LogP contribution < -0.4 is 4.74 Å². The predicted molar refractivity (Wildman–Crippen MR) is 62.2 cm³/mol. The third kappa shape index (κ3) is 1.82. The summed E-state index contributed by atoms with van der Waals surface area (Å²) in [4.78, 5) is 0. The second-order valence-electron chi connectivity index (χ2n) is 3.41. The molecule has 0 saturated carbocycles. The lowest BCUT2D eigenvalue weighted by molar-refractivity contribution is 0.168. The van der Waals surface area contributed by atoms with Gasteiger partial charge in [0, 0.05) is 0 Å². The number of rotatable bonds is 1. The minimum Gasteiger partial charge on any atom is -0.489 e. The first-order valence-electron chi connectivity index (χ1n) is 4.75. The van der Waals surface area contributed by atoms with Crippen LogP contribution in [0.1, 0.15) is 25.3 Å². The van der Waals surface area contributed by atoms with Crippen molar-refractivity contribution >= 4 is 22.6 Å². The van der Waals surface area contributed by atoms with E-state index in [2.05, 4.69) is 47.7 Å². The summed E-state index contributed by atoms with van der Waals surface area (Å²) in [5.74, 6) is 1.13. The summed E-state index contributed by atoms with van der Waals surface area (Å²) in [6, 6.07) is 6.39. The van der Waals surface area contributed by atoms with Gasteiger partial charge in [0.15, 0.2) is 0 Å². The van der Waals surface area contributed by atoms with Gasteiger partial charge in [-0.2, -0.15) is 0 Å². The summed E-state index contributed by atoms with van der Waals surface area (Å²) in [5.41, 5.74) is 1.37. The molecule has 0 radical (unpaired) electrons. The zero-order valence-electron chi connectivity index (χ0n) is 7.72. The highest BCUT2D eigenvalue weighted by Gasteiger charge is 2.19. The van der Waals surface area contributed by atoms with Crippen LogP contribution in [0.3, 0.4) is 0 Å². The van der Waals surface area contributed by atoms with E-state index in [1.54, 1.807) is 0 Å². The molecule has 2 rings (SSSR count).